The first kappa shape index (κ1) is 23.8. The van der Waals surface area contributed by atoms with Gasteiger partial charge in [0, 0.05) is 23.6 Å². The molecule has 0 radical (unpaired) electrons. The molecule has 3 rings (SSSR count). The number of ether oxygens (including phenoxy) is 3. The Hall–Kier alpha value is -3.83. The smallest absolute Gasteiger partial charge is 0.268 e. The van der Waals surface area contributed by atoms with E-state index in [1.54, 1.807) is 36.9 Å². The van der Waals surface area contributed by atoms with E-state index < -0.39 is 5.91 Å². The summed E-state index contributed by atoms with van der Waals surface area (Å²) >= 11 is 1.27. The topological polar surface area (TPSA) is 93.5 Å². The molecule has 0 unspecified atom stereocenters. The highest BCUT2D eigenvalue weighted by Gasteiger charge is 2.15. The number of thiazole rings is 1. The molecule has 0 saturated carbocycles. The van der Waals surface area contributed by atoms with Gasteiger partial charge in [0.25, 0.3) is 5.91 Å². The number of benzene rings is 2. The number of hydrogen-bond acceptors (Lipinski definition) is 7. The first-order valence-corrected chi connectivity index (χ1v) is 11.2. The van der Waals surface area contributed by atoms with Crippen molar-refractivity contribution < 1.29 is 19.0 Å². The first-order chi connectivity index (χ1) is 16.0. The van der Waals surface area contributed by atoms with Gasteiger partial charge in [0.1, 0.15) is 17.4 Å². The number of carbonyl (C=O) groups excluding carboxylic acids is 1. The predicted octanol–water partition coefficient (Wildman–Crippen LogP) is 5.16. The van der Waals surface area contributed by atoms with Crippen LogP contribution >= 0.6 is 11.3 Å². The van der Waals surface area contributed by atoms with E-state index in [2.05, 4.69) is 24.1 Å². The number of para-hydroxylation sites is 1. The summed E-state index contributed by atoms with van der Waals surface area (Å²) < 4.78 is 17.2. The monoisotopic (exact) mass is 463 g/mol. The van der Waals surface area contributed by atoms with E-state index in [0.717, 1.165) is 5.75 Å². The second kappa shape index (κ2) is 11.7. The number of aromatic nitrogens is 1. The lowest BCUT2D eigenvalue weighted by atomic mass is 10.1. The van der Waals surface area contributed by atoms with Crippen molar-refractivity contribution in [3.8, 4) is 23.3 Å². The van der Waals surface area contributed by atoms with Gasteiger partial charge >= 0.3 is 0 Å². The normalized spacial score (nSPS) is 10.9. The van der Waals surface area contributed by atoms with Crippen molar-refractivity contribution in [3.05, 3.63) is 70.2 Å². The Morgan fingerprint density at radius 2 is 2.00 bits per heavy atom. The third-order valence-corrected chi connectivity index (χ3v) is 5.52. The van der Waals surface area contributed by atoms with Crippen molar-refractivity contribution in [2.24, 2.45) is 0 Å². The molecule has 8 heteroatoms. The number of hydrogen-bond donors (Lipinski definition) is 1. The van der Waals surface area contributed by atoms with Crippen LogP contribution in [-0.2, 0) is 4.79 Å². The molecule has 0 aliphatic carbocycles. The molecule has 0 aliphatic heterocycles. The standard InChI is InChI=1S/C25H25N3O4S/c1-17-8-9-21(14-18(17)2)31-11-5-12-32-23-19(6-4-7-22(23)30-3)15-20(16-26)24(29)28-25-27-10-13-33-25/h4,6-10,13-15H,5,11-12H2,1-3H3,(H,27,28,29)/b20-15-. The summed E-state index contributed by atoms with van der Waals surface area (Å²) in [6.45, 7) is 4.98. The van der Waals surface area contributed by atoms with Crippen LogP contribution in [0.15, 0.2) is 53.5 Å². The van der Waals surface area contributed by atoms with Crippen LogP contribution in [0.4, 0.5) is 5.13 Å². The van der Waals surface area contributed by atoms with Crippen LogP contribution in [0.5, 0.6) is 17.2 Å². The Morgan fingerprint density at radius 1 is 1.18 bits per heavy atom. The Kier molecular flexibility index (Phi) is 8.44. The van der Waals surface area contributed by atoms with Crippen LogP contribution in [-0.4, -0.2) is 31.2 Å². The van der Waals surface area contributed by atoms with E-state index in [-0.39, 0.29) is 5.57 Å². The van der Waals surface area contributed by atoms with E-state index in [1.807, 2.05) is 24.3 Å². The van der Waals surface area contributed by atoms with Crippen LogP contribution < -0.4 is 19.5 Å². The number of rotatable bonds is 10. The quantitative estimate of drug-likeness (QED) is 0.254. The van der Waals surface area contributed by atoms with E-state index in [9.17, 15) is 10.1 Å². The molecule has 7 nitrogen and oxygen atoms in total. The Balaban J connectivity index is 1.66. The highest BCUT2D eigenvalue weighted by atomic mass is 32.1. The minimum atomic E-state index is -0.539. The number of nitrogens with zero attached hydrogens (tertiary/aromatic N) is 2. The fraction of sp³-hybridized carbons (Fsp3) is 0.240. The van der Waals surface area contributed by atoms with Gasteiger partial charge in [0.15, 0.2) is 16.6 Å². The Bertz CT molecular complexity index is 1170. The number of nitriles is 1. The fourth-order valence-electron chi connectivity index (χ4n) is 2.94. The van der Waals surface area contributed by atoms with Gasteiger partial charge < -0.3 is 14.2 Å². The highest BCUT2D eigenvalue weighted by molar-refractivity contribution is 7.13. The summed E-state index contributed by atoms with van der Waals surface area (Å²) in [4.78, 5) is 16.5. The minimum absolute atomic E-state index is 0.0682. The predicted molar refractivity (Wildman–Crippen MR) is 129 cm³/mol. The number of anilines is 1. The third-order valence-electron chi connectivity index (χ3n) is 4.83. The van der Waals surface area contributed by atoms with Gasteiger partial charge in [-0.3, -0.25) is 10.1 Å². The van der Waals surface area contributed by atoms with Crippen LogP contribution in [0.2, 0.25) is 0 Å². The fourth-order valence-corrected chi connectivity index (χ4v) is 3.47. The number of carbonyl (C=O) groups is 1. The van der Waals surface area contributed by atoms with E-state index in [4.69, 9.17) is 14.2 Å². The maximum absolute atomic E-state index is 12.5. The molecule has 3 aromatic rings. The first-order valence-electron chi connectivity index (χ1n) is 10.3. The van der Waals surface area contributed by atoms with E-state index in [0.29, 0.717) is 41.8 Å². The van der Waals surface area contributed by atoms with Gasteiger partial charge in [0.05, 0.1) is 20.3 Å². The molecule has 2 aromatic carbocycles. The van der Waals surface area contributed by atoms with Gasteiger partial charge in [-0.2, -0.15) is 5.26 Å². The molecule has 0 saturated heterocycles. The zero-order chi connectivity index (χ0) is 23.6. The molecular formula is C25H25N3O4S. The van der Waals surface area contributed by atoms with Gasteiger partial charge in [-0.15, -0.1) is 11.3 Å². The van der Waals surface area contributed by atoms with Crippen molar-refractivity contribution in [1.29, 1.82) is 5.26 Å². The van der Waals surface area contributed by atoms with Crippen molar-refractivity contribution in [2.75, 3.05) is 25.6 Å². The lowest BCUT2D eigenvalue weighted by Gasteiger charge is -2.14. The summed E-state index contributed by atoms with van der Waals surface area (Å²) in [5.74, 6) is 1.25. The van der Waals surface area contributed by atoms with Crippen LogP contribution in [0.25, 0.3) is 6.08 Å². The average molecular weight is 464 g/mol. The molecular weight excluding hydrogens is 438 g/mol. The SMILES string of the molecule is COc1cccc(/C=C(/C#N)C(=O)Nc2nccs2)c1OCCCOc1ccc(C)c(C)c1. The van der Waals surface area contributed by atoms with Gasteiger partial charge in [-0.25, -0.2) is 4.98 Å². The van der Waals surface area contributed by atoms with Crippen LogP contribution in [0.3, 0.4) is 0 Å². The number of aryl methyl sites for hydroxylation is 2. The number of amides is 1. The lowest BCUT2D eigenvalue weighted by molar-refractivity contribution is -0.112. The molecule has 1 N–H and O–H groups in total. The molecule has 0 atom stereocenters. The Morgan fingerprint density at radius 3 is 2.70 bits per heavy atom. The molecule has 0 spiro atoms. The largest absolute Gasteiger partial charge is 0.493 e. The minimum Gasteiger partial charge on any atom is -0.493 e. The zero-order valence-corrected chi connectivity index (χ0v) is 19.6. The second-order valence-corrected chi connectivity index (χ2v) is 8.03. The van der Waals surface area contributed by atoms with Gasteiger partial charge in [0.2, 0.25) is 0 Å². The summed E-state index contributed by atoms with van der Waals surface area (Å²) in [7, 11) is 1.54. The zero-order valence-electron chi connectivity index (χ0n) is 18.8. The molecule has 33 heavy (non-hydrogen) atoms. The summed E-state index contributed by atoms with van der Waals surface area (Å²) in [5.41, 5.74) is 2.90. The van der Waals surface area contributed by atoms with Crippen LogP contribution in [0.1, 0.15) is 23.1 Å². The maximum Gasteiger partial charge on any atom is 0.268 e. The number of methoxy groups -OCH3 is 1. The second-order valence-electron chi connectivity index (χ2n) is 7.14. The molecule has 0 aliphatic rings. The van der Waals surface area contributed by atoms with Gasteiger partial charge in [-0.1, -0.05) is 18.2 Å². The van der Waals surface area contributed by atoms with Crippen molar-refractivity contribution in [1.82, 2.24) is 4.98 Å². The molecule has 1 amide bonds. The summed E-state index contributed by atoms with van der Waals surface area (Å²) in [5, 5.41) is 14.3. The van der Waals surface area contributed by atoms with E-state index >= 15 is 0 Å². The molecule has 1 heterocycles. The summed E-state index contributed by atoms with van der Waals surface area (Å²) in [6.07, 6.45) is 3.70. The average Bonchev–Trinajstić information content (AvgIpc) is 3.32. The third kappa shape index (κ3) is 6.57. The maximum atomic E-state index is 12.5. The van der Waals surface area contributed by atoms with Crippen LogP contribution in [0, 0.1) is 25.2 Å². The van der Waals surface area contributed by atoms with Crippen molar-refractivity contribution in [3.63, 3.8) is 0 Å². The highest BCUT2D eigenvalue weighted by Crippen LogP contribution is 2.33. The van der Waals surface area contributed by atoms with Gasteiger partial charge in [-0.05, 0) is 49.2 Å². The van der Waals surface area contributed by atoms with Crippen molar-refractivity contribution in [2.45, 2.75) is 20.3 Å². The lowest BCUT2D eigenvalue weighted by Crippen LogP contribution is -2.13. The summed E-state index contributed by atoms with van der Waals surface area (Å²) in [6, 6.07) is 13.2. The molecule has 1 aromatic heterocycles. The molecule has 0 bridgehead atoms. The molecule has 0 fully saturated rings. The Labute approximate surface area is 197 Å². The van der Waals surface area contributed by atoms with Crippen molar-refractivity contribution >= 4 is 28.5 Å². The van der Waals surface area contributed by atoms with E-state index in [1.165, 1.54) is 28.5 Å². The molecule has 170 valence electrons. The number of nitrogens with one attached hydrogen (secondary N) is 1.